The van der Waals surface area contributed by atoms with E-state index in [1.165, 1.54) is 30.1 Å². The number of nitrogens with one attached hydrogen (secondary N) is 1. The summed E-state index contributed by atoms with van der Waals surface area (Å²) >= 11 is 6.94. The van der Waals surface area contributed by atoms with Gasteiger partial charge in [-0.2, -0.15) is 0 Å². The Bertz CT molecular complexity index is 841. The van der Waals surface area contributed by atoms with E-state index >= 15 is 0 Å². The second kappa shape index (κ2) is 8.71. The molecule has 142 valence electrons. The molecule has 0 radical (unpaired) electrons. The molecule has 1 unspecified atom stereocenters. The lowest BCUT2D eigenvalue weighted by molar-refractivity contribution is -0.115. The van der Waals surface area contributed by atoms with Gasteiger partial charge >= 0.3 is 0 Å². The fourth-order valence-corrected chi connectivity index (χ4v) is 3.69. The van der Waals surface area contributed by atoms with Crippen molar-refractivity contribution in [2.75, 3.05) is 18.4 Å². The Labute approximate surface area is 166 Å². The molecule has 27 heavy (non-hydrogen) atoms. The standard InChI is InChI=1S/C19H19ClFN3O2S/c1-12(18(25)23-16-6-5-14(20)10-15(16)21)27-17-7-4-13(11-22-17)19(26)24-8-2-3-9-24/h4-7,10-12H,2-3,8-9H2,1H3,(H,23,25). The maximum Gasteiger partial charge on any atom is 0.255 e. The van der Waals surface area contributed by atoms with Crippen LogP contribution in [-0.2, 0) is 4.79 Å². The van der Waals surface area contributed by atoms with E-state index in [1.54, 1.807) is 19.1 Å². The third kappa shape index (κ3) is 4.99. The number of likely N-dealkylation sites (tertiary alicyclic amines) is 1. The minimum Gasteiger partial charge on any atom is -0.339 e. The molecule has 2 amide bonds. The lowest BCUT2D eigenvalue weighted by Crippen LogP contribution is -2.27. The van der Waals surface area contributed by atoms with Gasteiger partial charge in [-0.05, 0) is 50.1 Å². The van der Waals surface area contributed by atoms with Crippen LogP contribution in [0.25, 0.3) is 0 Å². The summed E-state index contributed by atoms with van der Waals surface area (Å²) in [4.78, 5) is 30.7. The van der Waals surface area contributed by atoms with E-state index in [0.717, 1.165) is 32.0 Å². The number of carbonyl (C=O) groups is 2. The van der Waals surface area contributed by atoms with Crippen LogP contribution in [0.4, 0.5) is 10.1 Å². The summed E-state index contributed by atoms with van der Waals surface area (Å²) in [5.41, 5.74) is 0.623. The largest absolute Gasteiger partial charge is 0.339 e. The molecule has 1 aromatic carbocycles. The van der Waals surface area contributed by atoms with Crippen molar-refractivity contribution in [3.63, 3.8) is 0 Å². The Morgan fingerprint density at radius 2 is 2.00 bits per heavy atom. The van der Waals surface area contributed by atoms with Crippen LogP contribution in [0.15, 0.2) is 41.6 Å². The topological polar surface area (TPSA) is 62.3 Å². The van der Waals surface area contributed by atoms with Gasteiger partial charge in [-0.1, -0.05) is 23.4 Å². The highest BCUT2D eigenvalue weighted by atomic mass is 35.5. The predicted molar refractivity (Wildman–Crippen MR) is 105 cm³/mol. The molecule has 1 fully saturated rings. The van der Waals surface area contributed by atoms with Crippen molar-refractivity contribution in [2.45, 2.75) is 30.0 Å². The first-order chi connectivity index (χ1) is 12.9. The van der Waals surface area contributed by atoms with Crippen LogP contribution >= 0.6 is 23.4 Å². The monoisotopic (exact) mass is 407 g/mol. The van der Waals surface area contributed by atoms with Gasteiger partial charge in [-0.15, -0.1) is 0 Å². The van der Waals surface area contributed by atoms with Crippen LogP contribution in [-0.4, -0.2) is 40.0 Å². The van der Waals surface area contributed by atoms with Gasteiger partial charge < -0.3 is 10.2 Å². The molecular formula is C19H19ClFN3O2S. The second-order valence-corrected chi connectivity index (χ2v) is 8.06. The number of thioether (sulfide) groups is 1. The van der Waals surface area contributed by atoms with Crippen LogP contribution < -0.4 is 5.32 Å². The van der Waals surface area contributed by atoms with Crippen LogP contribution in [0.1, 0.15) is 30.1 Å². The van der Waals surface area contributed by atoms with Crippen LogP contribution in [0, 0.1) is 5.82 Å². The molecule has 2 aromatic rings. The third-order valence-electron chi connectivity index (χ3n) is 4.23. The molecule has 0 spiro atoms. The summed E-state index contributed by atoms with van der Waals surface area (Å²) in [6.45, 7) is 3.28. The third-order valence-corrected chi connectivity index (χ3v) is 5.52. The molecule has 0 aliphatic carbocycles. The van der Waals surface area contributed by atoms with Gasteiger partial charge in [0.25, 0.3) is 5.91 Å². The first kappa shape index (κ1) is 19.6. The van der Waals surface area contributed by atoms with E-state index in [2.05, 4.69) is 10.3 Å². The normalized spacial score (nSPS) is 14.9. The highest BCUT2D eigenvalue weighted by molar-refractivity contribution is 8.00. The number of anilines is 1. The smallest absolute Gasteiger partial charge is 0.255 e. The van der Waals surface area contributed by atoms with Crippen LogP contribution in [0.2, 0.25) is 5.02 Å². The Hall–Kier alpha value is -2.12. The quantitative estimate of drug-likeness (QED) is 0.753. The molecular weight excluding hydrogens is 389 g/mol. The average Bonchev–Trinajstić information content (AvgIpc) is 3.18. The number of pyridine rings is 1. The van der Waals surface area contributed by atoms with Gasteiger partial charge in [0, 0.05) is 24.3 Å². The number of aromatic nitrogens is 1. The Balaban J connectivity index is 1.59. The Kier molecular flexibility index (Phi) is 6.34. The van der Waals surface area contributed by atoms with Crippen molar-refractivity contribution in [1.29, 1.82) is 0 Å². The van der Waals surface area contributed by atoms with Crippen molar-refractivity contribution in [1.82, 2.24) is 9.88 Å². The number of nitrogens with zero attached hydrogens (tertiary/aromatic N) is 2. The van der Waals surface area contributed by atoms with E-state index in [1.807, 2.05) is 4.90 Å². The lowest BCUT2D eigenvalue weighted by atomic mass is 10.2. The van der Waals surface area contributed by atoms with Crippen molar-refractivity contribution >= 4 is 40.9 Å². The van der Waals surface area contributed by atoms with Gasteiger partial charge in [0.15, 0.2) is 0 Å². The van der Waals surface area contributed by atoms with Gasteiger partial charge in [-0.3, -0.25) is 9.59 Å². The second-order valence-electron chi connectivity index (χ2n) is 6.26. The van der Waals surface area contributed by atoms with Crippen LogP contribution in [0.5, 0.6) is 0 Å². The van der Waals surface area contributed by atoms with Gasteiger partial charge in [-0.25, -0.2) is 9.37 Å². The lowest BCUT2D eigenvalue weighted by Gasteiger charge is -2.15. The molecule has 0 bridgehead atoms. The number of rotatable bonds is 5. The van der Waals surface area contributed by atoms with Crippen molar-refractivity contribution in [3.8, 4) is 0 Å². The fourth-order valence-electron chi connectivity index (χ4n) is 2.74. The summed E-state index contributed by atoms with van der Waals surface area (Å²) in [6.07, 6.45) is 3.61. The number of halogens is 2. The molecule has 1 aromatic heterocycles. The van der Waals surface area contributed by atoms with Crippen molar-refractivity contribution in [3.05, 3.63) is 52.9 Å². The highest BCUT2D eigenvalue weighted by Crippen LogP contribution is 2.24. The Morgan fingerprint density at radius 1 is 1.26 bits per heavy atom. The van der Waals surface area contributed by atoms with E-state index in [0.29, 0.717) is 10.6 Å². The molecule has 1 aliphatic heterocycles. The van der Waals surface area contributed by atoms with E-state index in [-0.39, 0.29) is 22.5 Å². The molecule has 1 N–H and O–H groups in total. The zero-order valence-electron chi connectivity index (χ0n) is 14.7. The minimum absolute atomic E-state index is 0.0134. The molecule has 1 aliphatic rings. The average molecular weight is 408 g/mol. The number of hydrogen-bond acceptors (Lipinski definition) is 4. The van der Waals surface area contributed by atoms with E-state index in [4.69, 9.17) is 11.6 Å². The molecule has 1 atom stereocenters. The SMILES string of the molecule is CC(Sc1ccc(C(=O)N2CCCC2)cn1)C(=O)Nc1ccc(Cl)cc1F. The van der Waals surface area contributed by atoms with Crippen molar-refractivity contribution < 1.29 is 14.0 Å². The number of carbonyl (C=O) groups excluding carboxylic acids is 2. The highest BCUT2D eigenvalue weighted by Gasteiger charge is 2.21. The summed E-state index contributed by atoms with van der Waals surface area (Å²) in [6, 6.07) is 7.52. The zero-order chi connectivity index (χ0) is 19.4. The number of benzene rings is 1. The van der Waals surface area contributed by atoms with Gasteiger partial charge in [0.1, 0.15) is 5.82 Å². The number of amides is 2. The number of hydrogen-bond donors (Lipinski definition) is 1. The van der Waals surface area contributed by atoms with Crippen LogP contribution in [0.3, 0.4) is 0 Å². The molecule has 0 saturated carbocycles. The van der Waals surface area contributed by atoms with E-state index in [9.17, 15) is 14.0 Å². The molecule has 2 heterocycles. The summed E-state index contributed by atoms with van der Waals surface area (Å²) < 4.78 is 13.8. The van der Waals surface area contributed by atoms with E-state index < -0.39 is 11.1 Å². The summed E-state index contributed by atoms with van der Waals surface area (Å²) in [5.74, 6) is -0.947. The molecule has 3 rings (SSSR count). The first-order valence-electron chi connectivity index (χ1n) is 8.62. The molecule has 8 heteroatoms. The predicted octanol–water partition coefficient (Wildman–Crippen LogP) is 4.23. The summed E-state index contributed by atoms with van der Waals surface area (Å²) in [5, 5.41) is 2.93. The Morgan fingerprint density at radius 3 is 2.63 bits per heavy atom. The maximum absolute atomic E-state index is 13.8. The first-order valence-corrected chi connectivity index (χ1v) is 9.87. The fraction of sp³-hybridized carbons (Fsp3) is 0.316. The molecule has 5 nitrogen and oxygen atoms in total. The van der Waals surface area contributed by atoms with Crippen molar-refractivity contribution in [2.24, 2.45) is 0 Å². The zero-order valence-corrected chi connectivity index (χ0v) is 16.3. The minimum atomic E-state index is -0.587. The van der Waals surface area contributed by atoms with Gasteiger partial charge in [0.2, 0.25) is 5.91 Å². The van der Waals surface area contributed by atoms with Gasteiger partial charge in [0.05, 0.1) is 21.5 Å². The maximum atomic E-state index is 13.8. The molecule has 1 saturated heterocycles. The summed E-state index contributed by atoms with van der Waals surface area (Å²) in [7, 11) is 0.